The first-order chi connectivity index (χ1) is 8.24. The van der Waals surface area contributed by atoms with Crippen LogP contribution in [0.5, 0.6) is 0 Å². The Labute approximate surface area is 102 Å². The average Bonchev–Trinajstić information content (AvgIpc) is 2.92. The van der Waals surface area contributed by atoms with E-state index in [4.69, 9.17) is 9.15 Å². The van der Waals surface area contributed by atoms with Crippen LogP contribution < -0.4 is 0 Å². The van der Waals surface area contributed by atoms with E-state index in [-0.39, 0.29) is 0 Å². The van der Waals surface area contributed by atoms with E-state index in [0.717, 1.165) is 12.8 Å². The van der Waals surface area contributed by atoms with Gasteiger partial charge in [0.15, 0.2) is 5.76 Å². The minimum Gasteiger partial charge on any atom is -0.464 e. The third-order valence-electron chi connectivity index (χ3n) is 3.36. The van der Waals surface area contributed by atoms with Crippen LogP contribution in [0.15, 0.2) is 33.0 Å². The summed E-state index contributed by atoms with van der Waals surface area (Å²) in [7, 11) is 1.63. The lowest BCUT2D eigenvalue weighted by atomic mass is 9.96. The molecule has 0 bridgehead atoms. The van der Waals surface area contributed by atoms with Crippen molar-refractivity contribution in [2.75, 3.05) is 7.11 Å². The van der Waals surface area contributed by atoms with Crippen molar-refractivity contribution in [1.29, 1.82) is 0 Å². The fourth-order valence-corrected chi connectivity index (χ4v) is 2.12. The third-order valence-corrected chi connectivity index (χ3v) is 3.36. The van der Waals surface area contributed by atoms with E-state index in [1.165, 1.54) is 19.3 Å². The van der Waals surface area contributed by atoms with Crippen molar-refractivity contribution in [2.45, 2.75) is 50.8 Å². The molecule has 1 aromatic rings. The average molecular weight is 236 g/mol. The molecule has 0 spiro atoms. The zero-order valence-electron chi connectivity index (χ0n) is 10.6. The lowest BCUT2D eigenvalue weighted by molar-refractivity contribution is -0.0159. The van der Waals surface area contributed by atoms with Gasteiger partial charge in [0.1, 0.15) is 0 Å². The Morgan fingerprint density at radius 1 is 1.35 bits per heavy atom. The Morgan fingerprint density at radius 3 is 2.71 bits per heavy atom. The van der Waals surface area contributed by atoms with Gasteiger partial charge in [-0.2, -0.15) is 5.11 Å². The van der Waals surface area contributed by atoms with E-state index in [0.29, 0.717) is 11.8 Å². The van der Waals surface area contributed by atoms with Crippen molar-refractivity contribution in [1.82, 2.24) is 0 Å². The predicted octanol–water partition coefficient (Wildman–Crippen LogP) is 3.88. The molecule has 1 aliphatic rings. The van der Waals surface area contributed by atoms with Crippen LogP contribution in [-0.4, -0.2) is 13.2 Å². The van der Waals surface area contributed by atoms with Crippen molar-refractivity contribution >= 4 is 0 Å². The number of rotatable bonds is 4. The lowest BCUT2D eigenvalue weighted by Crippen LogP contribution is -2.21. The van der Waals surface area contributed by atoms with Crippen molar-refractivity contribution in [3.8, 4) is 0 Å². The maximum absolute atomic E-state index is 5.42. The maximum Gasteiger partial charge on any atom is 0.234 e. The van der Waals surface area contributed by atoms with Crippen molar-refractivity contribution in [3.05, 3.63) is 24.2 Å². The molecule has 0 aromatic carbocycles. The Balaban J connectivity index is 2.05. The van der Waals surface area contributed by atoms with Crippen LogP contribution in [0.3, 0.4) is 0 Å². The standard InChI is InChI=1S/C13H20N2O2/c1-13(16-2,12-9-6-10-17-12)15-14-11-7-4-3-5-8-11/h6,9-11H,3-5,7-8H2,1-2H3. The van der Waals surface area contributed by atoms with Crippen LogP contribution >= 0.6 is 0 Å². The predicted molar refractivity (Wildman–Crippen MR) is 64.8 cm³/mol. The molecule has 4 nitrogen and oxygen atoms in total. The first kappa shape index (κ1) is 12.3. The zero-order chi connectivity index (χ0) is 12.1. The molecule has 1 aliphatic carbocycles. The number of hydrogen-bond donors (Lipinski definition) is 0. The first-order valence-electron chi connectivity index (χ1n) is 6.26. The van der Waals surface area contributed by atoms with E-state index in [2.05, 4.69) is 10.2 Å². The van der Waals surface area contributed by atoms with Gasteiger partial charge in [0.2, 0.25) is 5.72 Å². The second kappa shape index (κ2) is 5.45. The fourth-order valence-electron chi connectivity index (χ4n) is 2.12. The molecule has 0 amide bonds. The van der Waals surface area contributed by atoms with E-state index in [1.807, 2.05) is 19.1 Å². The summed E-state index contributed by atoms with van der Waals surface area (Å²) in [5.74, 6) is 0.694. The number of ether oxygens (including phenoxy) is 1. The molecule has 2 rings (SSSR count). The molecule has 1 fully saturated rings. The Kier molecular flexibility index (Phi) is 3.94. The van der Waals surface area contributed by atoms with Gasteiger partial charge in [0.05, 0.1) is 12.3 Å². The molecule has 1 saturated carbocycles. The van der Waals surface area contributed by atoms with Crippen LogP contribution in [0.4, 0.5) is 0 Å². The van der Waals surface area contributed by atoms with Crippen LogP contribution in [0.2, 0.25) is 0 Å². The molecule has 1 unspecified atom stereocenters. The van der Waals surface area contributed by atoms with E-state index in [1.54, 1.807) is 13.4 Å². The number of azo groups is 1. The fraction of sp³-hybridized carbons (Fsp3) is 0.692. The molecule has 1 heterocycles. The van der Waals surface area contributed by atoms with E-state index < -0.39 is 5.72 Å². The molecule has 1 aromatic heterocycles. The molecule has 4 heteroatoms. The van der Waals surface area contributed by atoms with Gasteiger partial charge in [0, 0.05) is 7.11 Å². The van der Waals surface area contributed by atoms with Crippen LogP contribution in [0.25, 0.3) is 0 Å². The summed E-state index contributed by atoms with van der Waals surface area (Å²) in [6, 6.07) is 4.06. The number of methoxy groups -OCH3 is 1. The number of nitrogens with zero attached hydrogens (tertiary/aromatic N) is 2. The van der Waals surface area contributed by atoms with Gasteiger partial charge in [-0.25, -0.2) is 0 Å². The molecule has 1 atom stereocenters. The summed E-state index contributed by atoms with van der Waals surface area (Å²) >= 11 is 0. The van der Waals surface area contributed by atoms with Crippen molar-refractivity contribution in [2.24, 2.45) is 10.2 Å². The minimum atomic E-state index is -0.791. The summed E-state index contributed by atoms with van der Waals surface area (Å²) in [5, 5.41) is 8.77. The summed E-state index contributed by atoms with van der Waals surface area (Å²) in [6.07, 6.45) is 7.75. The van der Waals surface area contributed by atoms with Crippen LogP contribution in [0.1, 0.15) is 44.8 Å². The second-order valence-electron chi connectivity index (χ2n) is 4.67. The second-order valence-corrected chi connectivity index (χ2v) is 4.67. The molecule has 17 heavy (non-hydrogen) atoms. The highest BCUT2D eigenvalue weighted by Gasteiger charge is 2.29. The van der Waals surface area contributed by atoms with E-state index in [9.17, 15) is 0 Å². The SMILES string of the molecule is COC(C)(N=NC1CCCCC1)c1ccco1. The van der Waals surface area contributed by atoms with Crippen molar-refractivity contribution in [3.63, 3.8) is 0 Å². The number of furan rings is 1. The van der Waals surface area contributed by atoms with Gasteiger partial charge in [-0.1, -0.05) is 19.3 Å². The van der Waals surface area contributed by atoms with Crippen molar-refractivity contribution < 1.29 is 9.15 Å². The van der Waals surface area contributed by atoms with Gasteiger partial charge in [-0.15, -0.1) is 5.11 Å². The Hall–Kier alpha value is -1.16. The largest absolute Gasteiger partial charge is 0.464 e. The van der Waals surface area contributed by atoms with Gasteiger partial charge in [-0.3, -0.25) is 0 Å². The van der Waals surface area contributed by atoms with Crippen LogP contribution in [-0.2, 0) is 10.5 Å². The smallest absolute Gasteiger partial charge is 0.234 e. The van der Waals surface area contributed by atoms with Gasteiger partial charge in [-0.05, 0) is 31.9 Å². The third kappa shape index (κ3) is 2.94. The molecule has 0 N–H and O–H groups in total. The quantitative estimate of drug-likeness (QED) is 0.745. The minimum absolute atomic E-state index is 0.355. The van der Waals surface area contributed by atoms with Gasteiger partial charge >= 0.3 is 0 Å². The first-order valence-corrected chi connectivity index (χ1v) is 6.26. The Morgan fingerprint density at radius 2 is 2.12 bits per heavy atom. The molecule has 94 valence electrons. The summed E-state index contributed by atoms with van der Waals surface area (Å²) in [6.45, 7) is 1.87. The van der Waals surface area contributed by atoms with E-state index >= 15 is 0 Å². The molecular weight excluding hydrogens is 216 g/mol. The normalized spacial score (nSPS) is 21.8. The highest BCUT2D eigenvalue weighted by molar-refractivity contribution is 5.07. The topological polar surface area (TPSA) is 47.1 Å². The summed E-state index contributed by atoms with van der Waals surface area (Å²) in [4.78, 5) is 0. The molecule has 0 aliphatic heterocycles. The highest BCUT2D eigenvalue weighted by Crippen LogP contribution is 2.29. The summed E-state index contributed by atoms with van der Waals surface area (Å²) < 4.78 is 10.8. The monoisotopic (exact) mass is 236 g/mol. The molecular formula is C13H20N2O2. The highest BCUT2D eigenvalue weighted by atomic mass is 16.5. The zero-order valence-corrected chi connectivity index (χ0v) is 10.6. The van der Waals surface area contributed by atoms with Gasteiger partial charge < -0.3 is 9.15 Å². The molecule has 0 radical (unpaired) electrons. The van der Waals surface area contributed by atoms with Gasteiger partial charge in [0.25, 0.3) is 0 Å². The Bertz CT molecular complexity index is 356. The van der Waals surface area contributed by atoms with Crippen LogP contribution in [0, 0.1) is 0 Å². The number of hydrogen-bond acceptors (Lipinski definition) is 4. The molecule has 0 saturated heterocycles. The lowest BCUT2D eigenvalue weighted by Gasteiger charge is -2.22. The summed E-state index contributed by atoms with van der Waals surface area (Å²) in [5.41, 5.74) is -0.791. The maximum atomic E-state index is 5.42.